The normalized spacial score (nSPS) is 18.8. The van der Waals surface area contributed by atoms with Gasteiger partial charge in [0.05, 0.1) is 12.0 Å². The Morgan fingerprint density at radius 1 is 1.25 bits per heavy atom. The Bertz CT molecular complexity index is 485. The lowest BCUT2D eigenvalue weighted by atomic mass is 9.68. The van der Waals surface area contributed by atoms with Gasteiger partial charge in [-0.25, -0.2) is 0 Å². The molecule has 0 unspecified atom stereocenters. The summed E-state index contributed by atoms with van der Waals surface area (Å²) in [5, 5.41) is 19.2. The van der Waals surface area contributed by atoms with E-state index in [1.807, 2.05) is 38.1 Å². The predicted octanol–water partition coefficient (Wildman–Crippen LogP) is 3.24. The SMILES string of the molecule is CC(C)(CO)c1cccc(C2(C(=O)O)CCCCC2)c1. The average molecular weight is 276 g/mol. The Kier molecular flexibility index (Phi) is 4.19. The standard InChI is InChI=1S/C17H24O3/c1-16(2,12-18)13-7-6-8-14(11-13)17(15(19)20)9-4-3-5-10-17/h6-8,11,18H,3-5,9-10,12H2,1-2H3,(H,19,20). The zero-order valence-corrected chi connectivity index (χ0v) is 12.4. The van der Waals surface area contributed by atoms with Gasteiger partial charge in [-0.2, -0.15) is 0 Å². The third-order valence-electron chi connectivity index (χ3n) is 4.71. The van der Waals surface area contributed by atoms with Crippen molar-refractivity contribution in [2.75, 3.05) is 6.61 Å². The van der Waals surface area contributed by atoms with Gasteiger partial charge >= 0.3 is 5.97 Å². The summed E-state index contributed by atoms with van der Waals surface area (Å²) in [6.07, 6.45) is 4.49. The van der Waals surface area contributed by atoms with Crippen molar-refractivity contribution in [1.82, 2.24) is 0 Å². The summed E-state index contributed by atoms with van der Waals surface area (Å²) in [6.45, 7) is 4.00. The molecular weight excluding hydrogens is 252 g/mol. The summed E-state index contributed by atoms with van der Waals surface area (Å²) >= 11 is 0. The average Bonchev–Trinajstić information content (AvgIpc) is 2.48. The number of carbonyl (C=O) groups is 1. The molecule has 0 aromatic heterocycles. The highest BCUT2D eigenvalue weighted by Crippen LogP contribution is 2.40. The predicted molar refractivity (Wildman–Crippen MR) is 79.0 cm³/mol. The van der Waals surface area contributed by atoms with Crippen molar-refractivity contribution in [3.63, 3.8) is 0 Å². The van der Waals surface area contributed by atoms with Crippen molar-refractivity contribution in [2.45, 2.75) is 56.8 Å². The van der Waals surface area contributed by atoms with E-state index in [9.17, 15) is 15.0 Å². The molecule has 20 heavy (non-hydrogen) atoms. The maximum Gasteiger partial charge on any atom is 0.314 e. The summed E-state index contributed by atoms with van der Waals surface area (Å²) in [5.74, 6) is -0.712. The molecule has 1 aliphatic rings. The maximum absolute atomic E-state index is 11.9. The number of hydrogen-bond acceptors (Lipinski definition) is 2. The third kappa shape index (κ3) is 2.59. The highest BCUT2D eigenvalue weighted by Gasteiger charge is 2.41. The van der Waals surface area contributed by atoms with Crippen LogP contribution in [0.4, 0.5) is 0 Å². The highest BCUT2D eigenvalue weighted by atomic mass is 16.4. The largest absolute Gasteiger partial charge is 0.481 e. The molecule has 3 nitrogen and oxygen atoms in total. The number of carboxylic acids is 1. The number of carboxylic acid groups (broad SMARTS) is 1. The summed E-state index contributed by atoms with van der Waals surface area (Å²) in [7, 11) is 0. The minimum atomic E-state index is -0.736. The molecule has 0 spiro atoms. The monoisotopic (exact) mass is 276 g/mol. The van der Waals surface area contributed by atoms with Crippen LogP contribution in [0.5, 0.6) is 0 Å². The zero-order chi connectivity index (χ0) is 14.8. The molecule has 0 radical (unpaired) electrons. The molecule has 0 saturated heterocycles. The second kappa shape index (κ2) is 5.57. The molecule has 3 heteroatoms. The molecule has 1 aliphatic carbocycles. The number of aliphatic hydroxyl groups excluding tert-OH is 1. The molecule has 1 fully saturated rings. The van der Waals surface area contributed by atoms with Gasteiger partial charge in [0, 0.05) is 5.41 Å². The molecule has 0 bridgehead atoms. The van der Waals surface area contributed by atoms with Gasteiger partial charge in [0.2, 0.25) is 0 Å². The number of benzene rings is 1. The fourth-order valence-corrected chi connectivity index (χ4v) is 3.11. The Morgan fingerprint density at radius 3 is 2.45 bits per heavy atom. The fraction of sp³-hybridized carbons (Fsp3) is 0.588. The number of hydrogen-bond donors (Lipinski definition) is 2. The van der Waals surface area contributed by atoms with E-state index in [0.29, 0.717) is 12.8 Å². The van der Waals surface area contributed by atoms with E-state index >= 15 is 0 Å². The van der Waals surface area contributed by atoms with Crippen LogP contribution in [0.2, 0.25) is 0 Å². The molecule has 0 atom stereocenters. The third-order valence-corrected chi connectivity index (χ3v) is 4.71. The van der Waals surface area contributed by atoms with Crippen molar-refractivity contribution >= 4 is 5.97 Å². The van der Waals surface area contributed by atoms with Gasteiger partial charge in [0.1, 0.15) is 0 Å². The number of rotatable bonds is 4. The number of aliphatic hydroxyl groups is 1. The first-order valence-corrected chi connectivity index (χ1v) is 7.38. The first-order chi connectivity index (χ1) is 9.42. The topological polar surface area (TPSA) is 57.5 Å². The molecule has 1 saturated carbocycles. The Hall–Kier alpha value is -1.35. The highest BCUT2D eigenvalue weighted by molar-refractivity contribution is 5.81. The molecule has 1 aromatic carbocycles. The van der Waals surface area contributed by atoms with Crippen molar-refractivity contribution in [3.8, 4) is 0 Å². The minimum Gasteiger partial charge on any atom is -0.481 e. The van der Waals surface area contributed by atoms with Crippen molar-refractivity contribution in [2.24, 2.45) is 0 Å². The van der Waals surface area contributed by atoms with E-state index in [4.69, 9.17) is 0 Å². The lowest BCUT2D eigenvalue weighted by Crippen LogP contribution is -2.38. The molecule has 1 aromatic rings. The second-order valence-corrected chi connectivity index (χ2v) is 6.57. The van der Waals surface area contributed by atoms with E-state index < -0.39 is 11.4 Å². The molecule has 2 N–H and O–H groups in total. The van der Waals surface area contributed by atoms with Gasteiger partial charge in [-0.3, -0.25) is 4.79 Å². The Morgan fingerprint density at radius 2 is 1.90 bits per heavy atom. The van der Waals surface area contributed by atoms with Gasteiger partial charge < -0.3 is 10.2 Å². The summed E-state index contributed by atoms with van der Waals surface area (Å²) < 4.78 is 0. The van der Waals surface area contributed by atoms with Crippen LogP contribution in [0.15, 0.2) is 24.3 Å². The van der Waals surface area contributed by atoms with Gasteiger partial charge in [-0.05, 0) is 24.0 Å². The van der Waals surface area contributed by atoms with Crippen LogP contribution in [-0.2, 0) is 15.6 Å². The molecule has 0 heterocycles. The van der Waals surface area contributed by atoms with Gasteiger partial charge in [-0.1, -0.05) is 57.4 Å². The second-order valence-electron chi connectivity index (χ2n) is 6.57. The van der Waals surface area contributed by atoms with Gasteiger partial charge in [0.25, 0.3) is 0 Å². The van der Waals surface area contributed by atoms with E-state index in [1.165, 1.54) is 0 Å². The van der Waals surface area contributed by atoms with Gasteiger partial charge in [0.15, 0.2) is 0 Å². The van der Waals surface area contributed by atoms with Crippen molar-refractivity contribution in [1.29, 1.82) is 0 Å². The molecule has 2 rings (SSSR count). The quantitative estimate of drug-likeness (QED) is 0.887. The van der Waals surface area contributed by atoms with Crippen LogP contribution in [0, 0.1) is 0 Å². The lowest BCUT2D eigenvalue weighted by Gasteiger charge is -2.34. The summed E-state index contributed by atoms with van der Waals surface area (Å²) in [5.41, 5.74) is 0.817. The van der Waals surface area contributed by atoms with Crippen molar-refractivity contribution in [3.05, 3.63) is 35.4 Å². The van der Waals surface area contributed by atoms with E-state index in [-0.39, 0.29) is 12.0 Å². The van der Waals surface area contributed by atoms with Crippen LogP contribution in [0.25, 0.3) is 0 Å². The first-order valence-electron chi connectivity index (χ1n) is 7.38. The Labute approximate surface area is 120 Å². The fourth-order valence-electron chi connectivity index (χ4n) is 3.11. The molecular formula is C17H24O3. The molecule has 0 aliphatic heterocycles. The zero-order valence-electron chi connectivity index (χ0n) is 12.4. The van der Waals surface area contributed by atoms with E-state index in [2.05, 4.69) is 0 Å². The lowest BCUT2D eigenvalue weighted by molar-refractivity contribution is -0.145. The summed E-state index contributed by atoms with van der Waals surface area (Å²) in [6, 6.07) is 7.80. The minimum absolute atomic E-state index is 0.0521. The van der Waals surface area contributed by atoms with Crippen LogP contribution >= 0.6 is 0 Å². The van der Waals surface area contributed by atoms with E-state index in [0.717, 1.165) is 30.4 Å². The van der Waals surface area contributed by atoms with Crippen LogP contribution in [-0.4, -0.2) is 22.8 Å². The van der Waals surface area contributed by atoms with Crippen molar-refractivity contribution < 1.29 is 15.0 Å². The molecule has 0 amide bonds. The number of aliphatic carboxylic acids is 1. The smallest absolute Gasteiger partial charge is 0.314 e. The first kappa shape index (κ1) is 15.0. The Balaban J connectivity index is 2.45. The maximum atomic E-state index is 11.9. The summed E-state index contributed by atoms with van der Waals surface area (Å²) in [4.78, 5) is 11.9. The van der Waals surface area contributed by atoms with Gasteiger partial charge in [-0.15, -0.1) is 0 Å². The van der Waals surface area contributed by atoms with E-state index in [1.54, 1.807) is 0 Å². The van der Waals surface area contributed by atoms with Crippen LogP contribution in [0.1, 0.15) is 57.1 Å². The van der Waals surface area contributed by atoms with Crippen LogP contribution < -0.4 is 0 Å². The molecule has 110 valence electrons. The van der Waals surface area contributed by atoms with Crippen LogP contribution in [0.3, 0.4) is 0 Å².